The summed E-state index contributed by atoms with van der Waals surface area (Å²) in [7, 11) is -0.859. The van der Waals surface area contributed by atoms with Crippen molar-refractivity contribution < 1.29 is 8.95 Å². The van der Waals surface area contributed by atoms with Crippen LogP contribution in [0.4, 0.5) is 0 Å². The van der Waals surface area contributed by atoms with Crippen molar-refractivity contribution in [2.75, 3.05) is 18.9 Å². The fraction of sp³-hybridized carbons (Fsp3) is 0.647. The fourth-order valence-corrected chi connectivity index (χ4v) is 4.81. The summed E-state index contributed by atoms with van der Waals surface area (Å²) in [4.78, 5) is 0. The van der Waals surface area contributed by atoms with Crippen molar-refractivity contribution in [2.24, 2.45) is 0 Å². The number of aryl methyl sites for hydroxylation is 2. The number of benzene rings is 1. The predicted octanol–water partition coefficient (Wildman–Crippen LogP) is 2.88. The van der Waals surface area contributed by atoms with E-state index in [2.05, 4.69) is 44.3 Å². The Morgan fingerprint density at radius 1 is 1.43 bits per heavy atom. The van der Waals surface area contributed by atoms with E-state index < -0.39 is 10.8 Å². The van der Waals surface area contributed by atoms with Gasteiger partial charge in [-0.05, 0) is 44.9 Å². The zero-order chi connectivity index (χ0) is 15.4. The summed E-state index contributed by atoms with van der Waals surface area (Å²) in [6, 6.07) is 6.66. The molecule has 3 nitrogen and oxygen atoms in total. The van der Waals surface area contributed by atoms with Gasteiger partial charge in [-0.3, -0.25) is 4.21 Å². The minimum atomic E-state index is -0.859. The molecule has 2 rings (SSSR count). The van der Waals surface area contributed by atoms with E-state index in [1.165, 1.54) is 16.7 Å². The number of hydrogen-bond donors (Lipinski definition) is 1. The zero-order valence-corrected chi connectivity index (χ0v) is 14.3. The second-order valence-electron chi connectivity index (χ2n) is 5.92. The maximum atomic E-state index is 12.7. The maximum absolute atomic E-state index is 12.7. The zero-order valence-electron chi connectivity index (χ0n) is 13.5. The minimum absolute atomic E-state index is 0.118. The van der Waals surface area contributed by atoms with Crippen LogP contribution < -0.4 is 5.32 Å². The Labute approximate surface area is 130 Å². The van der Waals surface area contributed by atoms with Crippen LogP contribution in [-0.2, 0) is 15.5 Å². The second-order valence-corrected chi connectivity index (χ2v) is 7.62. The van der Waals surface area contributed by atoms with Crippen molar-refractivity contribution >= 4 is 10.8 Å². The van der Waals surface area contributed by atoms with Crippen molar-refractivity contribution in [2.45, 2.75) is 51.5 Å². The van der Waals surface area contributed by atoms with E-state index in [9.17, 15) is 4.21 Å². The van der Waals surface area contributed by atoms with Gasteiger partial charge in [0.2, 0.25) is 0 Å². The first-order chi connectivity index (χ1) is 10.0. The monoisotopic (exact) mass is 309 g/mol. The molecule has 21 heavy (non-hydrogen) atoms. The van der Waals surface area contributed by atoms with Crippen LogP contribution in [0.1, 0.15) is 43.0 Å². The van der Waals surface area contributed by atoms with E-state index in [0.717, 1.165) is 19.6 Å². The molecule has 118 valence electrons. The Hall–Kier alpha value is -0.710. The van der Waals surface area contributed by atoms with Crippen molar-refractivity contribution in [1.29, 1.82) is 0 Å². The predicted molar refractivity (Wildman–Crippen MR) is 89.2 cm³/mol. The van der Waals surface area contributed by atoms with Gasteiger partial charge in [-0.2, -0.15) is 0 Å². The van der Waals surface area contributed by atoms with Crippen LogP contribution in [0.5, 0.6) is 0 Å². The van der Waals surface area contributed by atoms with Gasteiger partial charge in [-0.15, -0.1) is 0 Å². The molecule has 1 aliphatic heterocycles. The molecule has 0 radical (unpaired) electrons. The van der Waals surface area contributed by atoms with Gasteiger partial charge in [0.25, 0.3) is 0 Å². The van der Waals surface area contributed by atoms with Gasteiger partial charge >= 0.3 is 0 Å². The smallest absolute Gasteiger partial charge is 0.0691 e. The number of hydrogen-bond acceptors (Lipinski definition) is 3. The molecule has 0 aliphatic carbocycles. The van der Waals surface area contributed by atoms with Gasteiger partial charge in [0.1, 0.15) is 0 Å². The van der Waals surface area contributed by atoms with E-state index in [0.29, 0.717) is 5.75 Å². The Kier molecular flexibility index (Phi) is 5.97. The van der Waals surface area contributed by atoms with E-state index in [1.54, 1.807) is 0 Å². The van der Waals surface area contributed by atoms with Gasteiger partial charge in [0.05, 0.1) is 11.4 Å². The normalized spacial score (nSPS) is 25.0. The van der Waals surface area contributed by atoms with Gasteiger partial charge in [-0.1, -0.05) is 30.7 Å². The summed E-state index contributed by atoms with van der Waals surface area (Å²) >= 11 is 0. The molecule has 0 saturated carbocycles. The summed E-state index contributed by atoms with van der Waals surface area (Å²) in [5.74, 6) is 0.663. The first kappa shape index (κ1) is 16.7. The first-order valence-electron chi connectivity index (χ1n) is 7.82. The Bertz CT molecular complexity index is 504. The number of nitrogens with one attached hydrogen (secondary N) is 1. The highest BCUT2D eigenvalue weighted by Gasteiger charge is 2.31. The Morgan fingerprint density at radius 2 is 2.19 bits per heavy atom. The standard InChI is InChI=1S/C17H27NO2S/c1-5-18-16(15-7-6-12(2)10-13(15)3)11-21(19)17-8-9-20-14(17)4/h6-7,10,14,16-18H,5,8-9,11H2,1-4H3. The lowest BCUT2D eigenvalue weighted by atomic mass is 10.0. The molecule has 1 fully saturated rings. The van der Waals surface area contributed by atoms with Crippen molar-refractivity contribution in [1.82, 2.24) is 5.32 Å². The fourth-order valence-electron chi connectivity index (χ4n) is 3.07. The van der Waals surface area contributed by atoms with Crippen LogP contribution in [0, 0.1) is 13.8 Å². The van der Waals surface area contributed by atoms with Gasteiger partial charge < -0.3 is 10.1 Å². The van der Waals surface area contributed by atoms with E-state index in [1.807, 2.05) is 6.92 Å². The summed E-state index contributed by atoms with van der Waals surface area (Å²) in [5, 5.41) is 3.67. The number of ether oxygens (including phenoxy) is 1. The van der Waals surface area contributed by atoms with Crippen LogP contribution in [-0.4, -0.2) is 34.5 Å². The number of rotatable bonds is 6. The quantitative estimate of drug-likeness (QED) is 0.878. The molecule has 4 atom stereocenters. The molecule has 1 N–H and O–H groups in total. The first-order valence-corrected chi connectivity index (χ1v) is 9.20. The molecule has 4 heteroatoms. The third-order valence-corrected chi connectivity index (χ3v) is 6.18. The van der Waals surface area contributed by atoms with E-state index in [-0.39, 0.29) is 17.4 Å². The van der Waals surface area contributed by atoms with Crippen LogP contribution in [0.25, 0.3) is 0 Å². The van der Waals surface area contributed by atoms with Crippen molar-refractivity contribution in [3.8, 4) is 0 Å². The third kappa shape index (κ3) is 4.15. The van der Waals surface area contributed by atoms with Crippen molar-refractivity contribution in [3.63, 3.8) is 0 Å². The minimum Gasteiger partial charge on any atom is -0.377 e. The molecule has 4 unspecified atom stereocenters. The molecule has 1 aliphatic rings. The highest BCUT2D eigenvalue weighted by Crippen LogP contribution is 2.24. The SMILES string of the molecule is CCNC(CS(=O)C1CCOC1C)c1ccc(C)cc1C. The van der Waals surface area contributed by atoms with Crippen LogP contribution in [0.15, 0.2) is 18.2 Å². The highest BCUT2D eigenvalue weighted by molar-refractivity contribution is 7.85. The molecular weight excluding hydrogens is 282 g/mol. The van der Waals surface area contributed by atoms with Crippen LogP contribution in [0.3, 0.4) is 0 Å². The lowest BCUT2D eigenvalue weighted by Gasteiger charge is -2.23. The van der Waals surface area contributed by atoms with Crippen LogP contribution >= 0.6 is 0 Å². The van der Waals surface area contributed by atoms with E-state index >= 15 is 0 Å². The topological polar surface area (TPSA) is 38.3 Å². The summed E-state index contributed by atoms with van der Waals surface area (Å²) in [6.45, 7) is 10.0. The Balaban J connectivity index is 2.13. The second kappa shape index (κ2) is 7.52. The summed E-state index contributed by atoms with van der Waals surface area (Å²) < 4.78 is 18.2. The van der Waals surface area contributed by atoms with Crippen molar-refractivity contribution in [3.05, 3.63) is 34.9 Å². The Morgan fingerprint density at radius 3 is 2.76 bits per heavy atom. The molecule has 0 amide bonds. The molecule has 1 aromatic carbocycles. The largest absolute Gasteiger partial charge is 0.377 e. The van der Waals surface area contributed by atoms with Gasteiger partial charge in [-0.25, -0.2) is 0 Å². The van der Waals surface area contributed by atoms with Gasteiger partial charge in [0.15, 0.2) is 0 Å². The van der Waals surface area contributed by atoms with Gasteiger partial charge in [0, 0.05) is 29.2 Å². The molecular formula is C17H27NO2S. The van der Waals surface area contributed by atoms with E-state index in [4.69, 9.17) is 4.74 Å². The average Bonchev–Trinajstić information content (AvgIpc) is 2.84. The molecule has 1 saturated heterocycles. The maximum Gasteiger partial charge on any atom is 0.0691 e. The molecule has 0 spiro atoms. The molecule has 0 bridgehead atoms. The highest BCUT2D eigenvalue weighted by atomic mass is 32.2. The lowest BCUT2D eigenvalue weighted by Crippen LogP contribution is -2.32. The molecule has 0 aromatic heterocycles. The summed E-state index contributed by atoms with van der Waals surface area (Å²) in [6.07, 6.45) is 1.03. The molecule has 1 heterocycles. The molecule has 1 aromatic rings. The third-order valence-electron chi connectivity index (χ3n) is 4.23. The lowest BCUT2D eigenvalue weighted by molar-refractivity contribution is 0.127. The average molecular weight is 309 g/mol. The van der Waals surface area contributed by atoms with Crippen LogP contribution in [0.2, 0.25) is 0 Å². The summed E-state index contributed by atoms with van der Waals surface area (Å²) in [5.41, 5.74) is 3.81.